The molecule has 1 aromatic rings. The summed E-state index contributed by atoms with van der Waals surface area (Å²) >= 11 is 3.93. The molecule has 0 saturated carbocycles. The van der Waals surface area contributed by atoms with Crippen molar-refractivity contribution in [2.45, 2.75) is 78.5 Å². The van der Waals surface area contributed by atoms with Crippen LogP contribution in [0.1, 0.15) is 77.2 Å². The lowest BCUT2D eigenvalue weighted by Crippen LogP contribution is -2.05. The van der Waals surface area contributed by atoms with E-state index in [2.05, 4.69) is 57.5 Å². The van der Waals surface area contributed by atoms with Crippen LogP contribution in [0.3, 0.4) is 0 Å². The molecule has 0 aliphatic heterocycles. The smallest absolute Gasteiger partial charge is 0.0400 e. The van der Waals surface area contributed by atoms with Crippen molar-refractivity contribution in [2.24, 2.45) is 0 Å². The zero-order valence-electron chi connectivity index (χ0n) is 13.5. The van der Waals surface area contributed by atoms with Crippen molar-refractivity contribution in [2.75, 3.05) is 0 Å². The van der Waals surface area contributed by atoms with E-state index in [1.807, 2.05) is 0 Å². The molecule has 0 saturated heterocycles. The summed E-state index contributed by atoms with van der Waals surface area (Å²) in [4.78, 5) is 0.516. The van der Waals surface area contributed by atoms with Crippen LogP contribution in [0.25, 0.3) is 0 Å². The van der Waals surface area contributed by atoms with Gasteiger partial charge in [0.1, 0.15) is 0 Å². The van der Waals surface area contributed by atoms with Gasteiger partial charge in [0.25, 0.3) is 0 Å². The normalized spacial score (nSPS) is 12.8. The van der Waals surface area contributed by atoms with E-state index in [-0.39, 0.29) is 0 Å². The summed E-state index contributed by atoms with van der Waals surface area (Å²) in [5.41, 5.74) is 8.91. The lowest BCUT2D eigenvalue weighted by molar-refractivity contribution is 0.628. The Labute approximate surface area is 128 Å². The Bertz CT molecular complexity index is 403. The minimum Gasteiger partial charge on any atom is -0.0839 e. The summed E-state index contributed by atoms with van der Waals surface area (Å²) in [7, 11) is 0. The van der Waals surface area contributed by atoms with Crippen molar-refractivity contribution in [3.8, 4) is 0 Å². The topological polar surface area (TPSA) is 0 Å². The van der Waals surface area contributed by atoms with Gasteiger partial charge in [-0.3, -0.25) is 0 Å². The van der Waals surface area contributed by atoms with Crippen molar-refractivity contribution in [1.82, 2.24) is 0 Å². The van der Waals surface area contributed by atoms with Gasteiger partial charge in [0.2, 0.25) is 0 Å². The zero-order chi connectivity index (χ0) is 14.6. The van der Waals surface area contributed by atoms with Gasteiger partial charge in [-0.1, -0.05) is 48.5 Å². The zero-order valence-corrected chi connectivity index (χ0v) is 15.1. The van der Waals surface area contributed by atoms with Crippen LogP contribution >= 0.6 is 15.9 Å². The lowest BCUT2D eigenvalue weighted by Gasteiger charge is -2.22. The first-order valence-corrected chi connectivity index (χ1v) is 8.54. The molecule has 0 N–H and O–H groups in total. The van der Waals surface area contributed by atoms with Crippen LogP contribution in [0.4, 0.5) is 0 Å². The van der Waals surface area contributed by atoms with Crippen molar-refractivity contribution in [3.63, 3.8) is 0 Å². The highest BCUT2D eigenvalue weighted by atomic mass is 79.9. The SMILES string of the molecule is CCCCCCC(Br)c1c(C)c(C)c(C)c(C)c1C. The second-order valence-electron chi connectivity index (χ2n) is 5.86. The molecular formula is C18H29Br. The van der Waals surface area contributed by atoms with E-state index in [0.717, 1.165) is 0 Å². The lowest BCUT2D eigenvalue weighted by atomic mass is 9.87. The van der Waals surface area contributed by atoms with Crippen molar-refractivity contribution < 1.29 is 0 Å². The Morgan fingerprint density at radius 3 is 1.68 bits per heavy atom. The fraction of sp³-hybridized carbons (Fsp3) is 0.667. The number of benzene rings is 1. The van der Waals surface area contributed by atoms with Crippen molar-refractivity contribution in [1.29, 1.82) is 0 Å². The van der Waals surface area contributed by atoms with Gasteiger partial charge < -0.3 is 0 Å². The molecule has 0 bridgehead atoms. The summed E-state index contributed by atoms with van der Waals surface area (Å²) in [6.45, 7) is 13.6. The Kier molecular flexibility index (Phi) is 6.59. The molecule has 1 atom stereocenters. The molecule has 0 aromatic heterocycles. The van der Waals surface area contributed by atoms with Crippen LogP contribution in [0.15, 0.2) is 0 Å². The van der Waals surface area contributed by atoms with E-state index in [1.54, 1.807) is 0 Å². The maximum atomic E-state index is 3.93. The fourth-order valence-corrected chi connectivity index (χ4v) is 3.90. The quantitative estimate of drug-likeness (QED) is 0.406. The summed E-state index contributed by atoms with van der Waals surface area (Å²) < 4.78 is 0. The van der Waals surface area contributed by atoms with Crippen LogP contribution in [-0.4, -0.2) is 0 Å². The first kappa shape index (κ1) is 16.8. The molecular weight excluding hydrogens is 296 g/mol. The number of unbranched alkanes of at least 4 members (excludes halogenated alkanes) is 3. The van der Waals surface area contributed by atoms with Gasteiger partial charge in [-0.05, 0) is 74.4 Å². The third kappa shape index (κ3) is 3.84. The first-order chi connectivity index (χ1) is 8.91. The van der Waals surface area contributed by atoms with Crippen molar-refractivity contribution >= 4 is 15.9 Å². The summed E-state index contributed by atoms with van der Waals surface area (Å²) in [5, 5.41) is 0. The minimum absolute atomic E-state index is 0.516. The van der Waals surface area contributed by atoms with Gasteiger partial charge in [0.05, 0.1) is 0 Å². The Morgan fingerprint density at radius 2 is 1.21 bits per heavy atom. The standard InChI is InChI=1S/C18H29Br/c1-7-8-9-10-11-17(19)18-15(5)13(3)12(2)14(4)16(18)6/h17H,7-11H2,1-6H3. The van der Waals surface area contributed by atoms with Gasteiger partial charge >= 0.3 is 0 Å². The molecule has 1 aromatic carbocycles. The van der Waals surface area contributed by atoms with Crippen LogP contribution in [0.2, 0.25) is 0 Å². The highest BCUT2D eigenvalue weighted by Gasteiger charge is 2.17. The largest absolute Gasteiger partial charge is 0.0839 e. The number of alkyl halides is 1. The molecule has 0 spiro atoms. The molecule has 1 heteroatoms. The number of hydrogen-bond donors (Lipinski definition) is 0. The summed E-state index contributed by atoms with van der Waals surface area (Å²) in [6.07, 6.45) is 6.62. The van der Waals surface area contributed by atoms with E-state index in [9.17, 15) is 0 Å². The van der Waals surface area contributed by atoms with E-state index in [1.165, 1.54) is 65.5 Å². The highest BCUT2D eigenvalue weighted by molar-refractivity contribution is 9.09. The maximum absolute atomic E-state index is 3.93. The van der Waals surface area contributed by atoms with E-state index < -0.39 is 0 Å². The number of hydrogen-bond acceptors (Lipinski definition) is 0. The van der Waals surface area contributed by atoms with E-state index >= 15 is 0 Å². The highest BCUT2D eigenvalue weighted by Crippen LogP contribution is 2.37. The second-order valence-corrected chi connectivity index (χ2v) is 6.96. The van der Waals surface area contributed by atoms with Gasteiger partial charge in [0, 0.05) is 4.83 Å². The molecule has 0 heterocycles. The molecule has 19 heavy (non-hydrogen) atoms. The Balaban J connectivity index is 2.94. The molecule has 0 aliphatic rings. The van der Waals surface area contributed by atoms with Gasteiger partial charge in [-0.15, -0.1) is 0 Å². The predicted octanol–water partition coefficient (Wildman–Crippen LogP) is 6.64. The third-order valence-corrected chi connectivity index (χ3v) is 5.60. The molecule has 0 radical (unpaired) electrons. The minimum atomic E-state index is 0.516. The molecule has 108 valence electrons. The van der Waals surface area contributed by atoms with Crippen LogP contribution in [0, 0.1) is 34.6 Å². The van der Waals surface area contributed by atoms with Gasteiger partial charge in [0.15, 0.2) is 0 Å². The molecule has 0 nitrogen and oxygen atoms in total. The fourth-order valence-electron chi connectivity index (χ4n) is 2.89. The summed E-state index contributed by atoms with van der Waals surface area (Å²) in [5.74, 6) is 0. The van der Waals surface area contributed by atoms with Gasteiger partial charge in [-0.25, -0.2) is 0 Å². The summed E-state index contributed by atoms with van der Waals surface area (Å²) in [6, 6.07) is 0. The van der Waals surface area contributed by atoms with Gasteiger partial charge in [-0.2, -0.15) is 0 Å². The number of halogens is 1. The maximum Gasteiger partial charge on any atom is 0.0400 e. The van der Waals surface area contributed by atoms with Crippen LogP contribution in [-0.2, 0) is 0 Å². The molecule has 1 rings (SSSR count). The Hall–Kier alpha value is -0.300. The van der Waals surface area contributed by atoms with E-state index in [0.29, 0.717) is 4.83 Å². The monoisotopic (exact) mass is 324 g/mol. The molecule has 0 amide bonds. The average molecular weight is 325 g/mol. The molecule has 0 aliphatic carbocycles. The van der Waals surface area contributed by atoms with Crippen molar-refractivity contribution in [3.05, 3.63) is 33.4 Å². The third-order valence-electron chi connectivity index (χ3n) is 4.68. The molecule has 1 unspecified atom stereocenters. The van der Waals surface area contributed by atoms with Crippen LogP contribution < -0.4 is 0 Å². The second kappa shape index (κ2) is 7.47. The molecule has 0 fully saturated rings. The van der Waals surface area contributed by atoms with E-state index in [4.69, 9.17) is 0 Å². The first-order valence-electron chi connectivity index (χ1n) is 7.62. The van der Waals surface area contributed by atoms with Crippen LogP contribution in [0.5, 0.6) is 0 Å². The Morgan fingerprint density at radius 1 is 0.737 bits per heavy atom. The number of rotatable bonds is 6. The predicted molar refractivity (Wildman–Crippen MR) is 90.6 cm³/mol. The average Bonchev–Trinajstić information content (AvgIpc) is 2.39.